The van der Waals surface area contributed by atoms with Crippen molar-refractivity contribution < 1.29 is 4.39 Å². The monoisotopic (exact) mass is 259 g/mol. The number of halogens is 1. The van der Waals surface area contributed by atoms with Gasteiger partial charge in [0.05, 0.1) is 5.56 Å². The minimum atomic E-state index is -0.376. The molecular weight excluding hydrogens is 241 g/mol. The van der Waals surface area contributed by atoms with E-state index in [0.717, 1.165) is 13.0 Å². The highest BCUT2D eigenvalue weighted by Crippen LogP contribution is 2.28. The van der Waals surface area contributed by atoms with E-state index in [1.54, 1.807) is 12.1 Å². The Bertz CT molecular complexity index is 509. The molecule has 1 aromatic carbocycles. The molecule has 1 aromatic rings. The third-order valence-electron chi connectivity index (χ3n) is 4.36. The zero-order chi connectivity index (χ0) is 13.2. The number of fused-ring (bicyclic) bond motifs is 1. The van der Waals surface area contributed by atoms with Gasteiger partial charge in [0.25, 0.3) is 0 Å². The van der Waals surface area contributed by atoms with Crippen LogP contribution in [-0.2, 0) is 6.54 Å². The number of hydrogen-bond acceptors (Lipinski definition) is 3. The molecule has 2 fully saturated rings. The first kappa shape index (κ1) is 12.6. The summed E-state index contributed by atoms with van der Waals surface area (Å²) in [5.41, 5.74) is 0.726. The smallest absolute Gasteiger partial charge is 0.145 e. The molecule has 2 atom stereocenters. The maximum atomic E-state index is 13.9. The lowest BCUT2D eigenvalue weighted by Crippen LogP contribution is -2.38. The number of benzene rings is 1. The molecule has 19 heavy (non-hydrogen) atoms. The lowest BCUT2D eigenvalue weighted by molar-refractivity contribution is 0.298. The first-order valence-corrected chi connectivity index (χ1v) is 6.94. The summed E-state index contributed by atoms with van der Waals surface area (Å²) in [6, 6.07) is 8.00. The van der Waals surface area contributed by atoms with Gasteiger partial charge in [-0.05, 0) is 31.9 Å². The maximum absolute atomic E-state index is 13.9. The highest BCUT2D eigenvalue weighted by Gasteiger charge is 2.36. The lowest BCUT2D eigenvalue weighted by atomic mass is 10.1. The van der Waals surface area contributed by atoms with Gasteiger partial charge in [-0.25, -0.2) is 4.39 Å². The predicted octanol–water partition coefficient (Wildman–Crippen LogP) is 2.02. The first-order valence-electron chi connectivity index (χ1n) is 6.94. The van der Waals surface area contributed by atoms with Crippen molar-refractivity contribution in [1.29, 1.82) is 5.26 Å². The second-order valence-corrected chi connectivity index (χ2v) is 5.41. The van der Waals surface area contributed by atoms with Gasteiger partial charge in [-0.3, -0.25) is 4.90 Å². The molecule has 3 rings (SSSR count). The second-order valence-electron chi connectivity index (χ2n) is 5.41. The molecule has 2 aliphatic rings. The Morgan fingerprint density at radius 1 is 1.37 bits per heavy atom. The third-order valence-corrected chi connectivity index (χ3v) is 4.36. The van der Waals surface area contributed by atoms with E-state index in [-0.39, 0.29) is 11.4 Å². The number of rotatable bonds is 3. The molecular formula is C15H18FN3. The van der Waals surface area contributed by atoms with Gasteiger partial charge in [-0.1, -0.05) is 12.1 Å². The zero-order valence-electron chi connectivity index (χ0n) is 10.9. The van der Waals surface area contributed by atoms with Crippen LogP contribution in [0.2, 0.25) is 0 Å². The summed E-state index contributed by atoms with van der Waals surface area (Å²) in [6.07, 6.45) is 3.67. The van der Waals surface area contributed by atoms with Crippen LogP contribution in [0.25, 0.3) is 0 Å². The van der Waals surface area contributed by atoms with Crippen LogP contribution in [0.3, 0.4) is 0 Å². The molecule has 4 heteroatoms. The Morgan fingerprint density at radius 2 is 2.26 bits per heavy atom. The summed E-state index contributed by atoms with van der Waals surface area (Å²) in [4.78, 5) is 2.53. The van der Waals surface area contributed by atoms with Crippen LogP contribution < -0.4 is 5.32 Å². The van der Waals surface area contributed by atoms with E-state index in [1.165, 1.54) is 25.5 Å². The molecule has 2 aliphatic heterocycles. The molecule has 2 unspecified atom stereocenters. The van der Waals surface area contributed by atoms with Crippen LogP contribution in [0.15, 0.2) is 18.2 Å². The van der Waals surface area contributed by atoms with Crippen LogP contribution in [-0.4, -0.2) is 30.1 Å². The molecule has 0 radical (unpaired) electrons. The molecule has 0 aromatic heterocycles. The Labute approximate surface area is 113 Å². The minimum Gasteiger partial charge on any atom is -0.308 e. The van der Waals surface area contributed by atoms with E-state index in [2.05, 4.69) is 10.2 Å². The Hall–Kier alpha value is -1.44. The molecule has 2 heterocycles. The molecule has 0 bridgehead atoms. The lowest BCUT2D eigenvalue weighted by Gasteiger charge is -2.21. The summed E-state index contributed by atoms with van der Waals surface area (Å²) < 4.78 is 13.9. The zero-order valence-corrected chi connectivity index (χ0v) is 10.9. The average Bonchev–Trinajstić information content (AvgIpc) is 3.01. The van der Waals surface area contributed by atoms with Crippen molar-refractivity contribution >= 4 is 0 Å². The van der Waals surface area contributed by atoms with Crippen LogP contribution in [0.4, 0.5) is 4.39 Å². The number of nitrogens with zero attached hydrogens (tertiary/aromatic N) is 2. The third kappa shape index (κ3) is 2.36. The molecule has 2 saturated heterocycles. The van der Waals surface area contributed by atoms with Gasteiger partial charge in [0.2, 0.25) is 0 Å². The normalized spacial score (nSPS) is 26.3. The standard InChI is InChI=1S/C15H18FN3/c16-15-11(9-17)3-1-4-12(15)10-18-13-6-8-19-7-2-5-14(13)19/h1,3-4,13-14,18H,2,5-8,10H2. The first-order chi connectivity index (χ1) is 9.29. The molecule has 0 aliphatic carbocycles. The Morgan fingerprint density at radius 3 is 3.11 bits per heavy atom. The summed E-state index contributed by atoms with van der Waals surface area (Å²) in [7, 11) is 0. The topological polar surface area (TPSA) is 39.1 Å². The van der Waals surface area contributed by atoms with E-state index in [0.29, 0.717) is 24.2 Å². The summed E-state index contributed by atoms with van der Waals surface area (Å²) in [6.45, 7) is 2.88. The largest absolute Gasteiger partial charge is 0.308 e. The van der Waals surface area contributed by atoms with Crippen LogP contribution in [0, 0.1) is 17.1 Å². The van der Waals surface area contributed by atoms with Crippen LogP contribution >= 0.6 is 0 Å². The molecule has 0 amide bonds. The maximum Gasteiger partial charge on any atom is 0.145 e. The summed E-state index contributed by atoms with van der Waals surface area (Å²) >= 11 is 0. The van der Waals surface area contributed by atoms with E-state index in [4.69, 9.17) is 5.26 Å². The van der Waals surface area contributed by atoms with Crippen molar-refractivity contribution in [3.63, 3.8) is 0 Å². The van der Waals surface area contributed by atoms with Gasteiger partial charge in [0, 0.05) is 30.7 Å². The predicted molar refractivity (Wildman–Crippen MR) is 71.0 cm³/mol. The van der Waals surface area contributed by atoms with Crippen LogP contribution in [0.5, 0.6) is 0 Å². The van der Waals surface area contributed by atoms with E-state index >= 15 is 0 Å². The van der Waals surface area contributed by atoms with Crippen molar-refractivity contribution in [2.45, 2.75) is 37.9 Å². The van der Waals surface area contributed by atoms with Crippen LogP contribution in [0.1, 0.15) is 30.4 Å². The quantitative estimate of drug-likeness (QED) is 0.902. The molecule has 0 saturated carbocycles. The van der Waals surface area contributed by atoms with Crippen molar-refractivity contribution in [3.05, 3.63) is 35.1 Å². The van der Waals surface area contributed by atoms with Gasteiger partial charge in [0.15, 0.2) is 0 Å². The highest BCUT2D eigenvalue weighted by molar-refractivity contribution is 5.34. The van der Waals surface area contributed by atoms with Crippen molar-refractivity contribution in [2.24, 2.45) is 0 Å². The van der Waals surface area contributed by atoms with Gasteiger partial charge in [0.1, 0.15) is 11.9 Å². The summed E-state index contributed by atoms with van der Waals surface area (Å²) in [5, 5.41) is 12.3. The van der Waals surface area contributed by atoms with E-state index < -0.39 is 0 Å². The molecule has 0 spiro atoms. The number of nitriles is 1. The van der Waals surface area contributed by atoms with E-state index in [9.17, 15) is 4.39 Å². The fraction of sp³-hybridized carbons (Fsp3) is 0.533. The highest BCUT2D eigenvalue weighted by atomic mass is 19.1. The van der Waals surface area contributed by atoms with Gasteiger partial charge >= 0.3 is 0 Å². The molecule has 100 valence electrons. The fourth-order valence-corrected chi connectivity index (χ4v) is 3.36. The number of hydrogen-bond donors (Lipinski definition) is 1. The average molecular weight is 259 g/mol. The van der Waals surface area contributed by atoms with Crippen molar-refractivity contribution in [3.8, 4) is 6.07 Å². The Kier molecular flexibility index (Phi) is 3.50. The van der Waals surface area contributed by atoms with Gasteiger partial charge in [-0.15, -0.1) is 0 Å². The molecule has 1 N–H and O–H groups in total. The Balaban J connectivity index is 1.65. The van der Waals surface area contributed by atoms with Gasteiger partial charge < -0.3 is 5.32 Å². The SMILES string of the molecule is N#Cc1cccc(CNC2CCN3CCCC23)c1F. The minimum absolute atomic E-state index is 0.133. The second kappa shape index (κ2) is 5.28. The molecule has 3 nitrogen and oxygen atoms in total. The van der Waals surface area contributed by atoms with E-state index in [1.807, 2.05) is 6.07 Å². The van der Waals surface area contributed by atoms with Crippen molar-refractivity contribution in [1.82, 2.24) is 10.2 Å². The van der Waals surface area contributed by atoms with Gasteiger partial charge in [-0.2, -0.15) is 5.26 Å². The van der Waals surface area contributed by atoms with Crippen molar-refractivity contribution in [2.75, 3.05) is 13.1 Å². The fourth-order valence-electron chi connectivity index (χ4n) is 3.36. The number of nitrogens with one attached hydrogen (secondary N) is 1. The summed E-state index contributed by atoms with van der Waals surface area (Å²) in [5.74, 6) is -0.376.